The smallest absolute Gasteiger partial charge is 0.158 e. The van der Waals surface area contributed by atoms with Gasteiger partial charge in [0.15, 0.2) is 5.82 Å². The van der Waals surface area contributed by atoms with Crippen molar-refractivity contribution in [3.8, 4) is 0 Å². The molecule has 0 spiro atoms. The molecule has 1 unspecified atom stereocenters. The Balaban J connectivity index is 2.19. The normalized spacial score (nSPS) is 21.2. The number of aliphatic hydroxyl groups excluding tert-OH is 1. The first-order valence-electron chi connectivity index (χ1n) is 6.50. The highest BCUT2D eigenvalue weighted by Gasteiger charge is 2.22. The van der Waals surface area contributed by atoms with E-state index in [9.17, 15) is 5.11 Å². The average molecular weight is 251 g/mol. The first kappa shape index (κ1) is 13.4. The second kappa shape index (κ2) is 6.22. The Morgan fingerprint density at radius 1 is 1.56 bits per heavy atom. The van der Waals surface area contributed by atoms with Crippen molar-refractivity contribution in [1.29, 1.82) is 0 Å². The number of rotatable bonds is 4. The maximum Gasteiger partial charge on any atom is 0.158 e. The summed E-state index contributed by atoms with van der Waals surface area (Å²) in [6.45, 7) is 4.60. The SMILES string of the molecule is CCCc1nc(C2CN(C)CCO2)ncc1CO. The molecular weight excluding hydrogens is 230 g/mol. The van der Waals surface area contributed by atoms with E-state index in [0.717, 1.165) is 49.6 Å². The third-order valence-corrected chi connectivity index (χ3v) is 3.19. The molecule has 1 N–H and O–H groups in total. The second-order valence-corrected chi connectivity index (χ2v) is 4.73. The minimum Gasteiger partial charge on any atom is -0.392 e. The van der Waals surface area contributed by atoms with Gasteiger partial charge in [0.05, 0.1) is 13.2 Å². The van der Waals surface area contributed by atoms with Crippen LogP contribution < -0.4 is 0 Å². The van der Waals surface area contributed by atoms with Crippen molar-refractivity contribution in [3.63, 3.8) is 0 Å². The molecule has 1 aliphatic heterocycles. The van der Waals surface area contributed by atoms with Crippen LogP contribution in [0.15, 0.2) is 6.20 Å². The van der Waals surface area contributed by atoms with E-state index in [2.05, 4.69) is 28.8 Å². The van der Waals surface area contributed by atoms with Crippen molar-refractivity contribution in [2.24, 2.45) is 0 Å². The van der Waals surface area contributed by atoms with Gasteiger partial charge in [0.1, 0.15) is 6.10 Å². The second-order valence-electron chi connectivity index (χ2n) is 4.73. The van der Waals surface area contributed by atoms with Crippen LogP contribution in [0, 0.1) is 0 Å². The van der Waals surface area contributed by atoms with Crippen molar-refractivity contribution in [1.82, 2.24) is 14.9 Å². The highest BCUT2D eigenvalue weighted by molar-refractivity contribution is 5.18. The predicted octanol–water partition coefficient (Wildman–Crippen LogP) is 0.925. The van der Waals surface area contributed by atoms with E-state index in [-0.39, 0.29) is 12.7 Å². The van der Waals surface area contributed by atoms with Gasteiger partial charge in [-0.05, 0) is 13.5 Å². The van der Waals surface area contributed by atoms with Gasteiger partial charge in [-0.2, -0.15) is 0 Å². The third-order valence-electron chi connectivity index (χ3n) is 3.19. The molecule has 0 saturated carbocycles. The number of aromatic nitrogens is 2. The molecule has 1 aliphatic rings. The molecule has 0 bridgehead atoms. The quantitative estimate of drug-likeness (QED) is 0.862. The summed E-state index contributed by atoms with van der Waals surface area (Å²) in [4.78, 5) is 11.1. The number of aliphatic hydroxyl groups is 1. The summed E-state index contributed by atoms with van der Waals surface area (Å²) >= 11 is 0. The molecule has 0 radical (unpaired) electrons. The van der Waals surface area contributed by atoms with E-state index in [0.29, 0.717) is 0 Å². The van der Waals surface area contributed by atoms with E-state index >= 15 is 0 Å². The molecule has 2 rings (SSSR count). The molecule has 0 amide bonds. The van der Waals surface area contributed by atoms with Gasteiger partial charge in [0, 0.05) is 30.5 Å². The van der Waals surface area contributed by atoms with Crippen LogP contribution >= 0.6 is 0 Å². The van der Waals surface area contributed by atoms with Gasteiger partial charge < -0.3 is 14.7 Å². The monoisotopic (exact) mass is 251 g/mol. The largest absolute Gasteiger partial charge is 0.392 e. The Morgan fingerprint density at radius 2 is 2.39 bits per heavy atom. The zero-order valence-electron chi connectivity index (χ0n) is 11.1. The number of aryl methyl sites for hydroxylation is 1. The Hall–Kier alpha value is -1.04. The molecule has 1 atom stereocenters. The zero-order valence-corrected chi connectivity index (χ0v) is 11.1. The number of ether oxygens (including phenoxy) is 1. The average Bonchev–Trinajstić information content (AvgIpc) is 2.39. The molecule has 5 heteroatoms. The molecule has 5 nitrogen and oxygen atoms in total. The number of hydrogen-bond donors (Lipinski definition) is 1. The fraction of sp³-hybridized carbons (Fsp3) is 0.692. The highest BCUT2D eigenvalue weighted by Crippen LogP contribution is 2.19. The lowest BCUT2D eigenvalue weighted by atomic mass is 10.1. The summed E-state index contributed by atoms with van der Waals surface area (Å²) in [7, 11) is 2.07. The summed E-state index contributed by atoms with van der Waals surface area (Å²) < 4.78 is 5.71. The number of morpholine rings is 1. The van der Waals surface area contributed by atoms with E-state index in [1.165, 1.54) is 0 Å². The van der Waals surface area contributed by atoms with E-state index in [4.69, 9.17) is 4.74 Å². The highest BCUT2D eigenvalue weighted by atomic mass is 16.5. The first-order chi connectivity index (χ1) is 8.74. The summed E-state index contributed by atoms with van der Waals surface area (Å²) in [6.07, 6.45) is 3.56. The lowest BCUT2D eigenvalue weighted by molar-refractivity contribution is -0.0256. The molecule has 2 heterocycles. The Morgan fingerprint density at radius 3 is 3.06 bits per heavy atom. The molecule has 1 aromatic rings. The van der Waals surface area contributed by atoms with Gasteiger partial charge in [-0.15, -0.1) is 0 Å². The molecule has 18 heavy (non-hydrogen) atoms. The summed E-state index contributed by atoms with van der Waals surface area (Å²) in [5.41, 5.74) is 1.77. The van der Waals surface area contributed by atoms with Crippen LogP contribution in [-0.4, -0.2) is 46.7 Å². The van der Waals surface area contributed by atoms with Crippen LogP contribution in [0.2, 0.25) is 0 Å². The van der Waals surface area contributed by atoms with Crippen LogP contribution in [-0.2, 0) is 17.8 Å². The third kappa shape index (κ3) is 3.04. The molecule has 0 aliphatic carbocycles. The zero-order chi connectivity index (χ0) is 13.0. The van der Waals surface area contributed by atoms with Crippen molar-refractivity contribution in [2.45, 2.75) is 32.5 Å². The Kier molecular flexibility index (Phi) is 4.63. The molecular formula is C13H21N3O2. The molecule has 1 saturated heterocycles. The van der Waals surface area contributed by atoms with E-state index < -0.39 is 0 Å². The van der Waals surface area contributed by atoms with Gasteiger partial charge in [-0.3, -0.25) is 0 Å². The van der Waals surface area contributed by atoms with Gasteiger partial charge in [0.2, 0.25) is 0 Å². The van der Waals surface area contributed by atoms with Crippen molar-refractivity contribution < 1.29 is 9.84 Å². The predicted molar refractivity (Wildman–Crippen MR) is 68.1 cm³/mol. The molecule has 100 valence electrons. The lowest BCUT2D eigenvalue weighted by Gasteiger charge is -2.29. The summed E-state index contributed by atoms with van der Waals surface area (Å²) in [5.74, 6) is 0.738. The fourth-order valence-electron chi connectivity index (χ4n) is 2.13. The van der Waals surface area contributed by atoms with Gasteiger partial charge in [0.25, 0.3) is 0 Å². The molecule has 1 aromatic heterocycles. The lowest BCUT2D eigenvalue weighted by Crippen LogP contribution is -2.36. The van der Waals surface area contributed by atoms with Crippen LogP contribution in [0.1, 0.15) is 36.5 Å². The maximum absolute atomic E-state index is 9.27. The van der Waals surface area contributed by atoms with E-state index in [1.807, 2.05) is 0 Å². The minimum absolute atomic E-state index is 0.00103. The van der Waals surface area contributed by atoms with E-state index in [1.54, 1.807) is 6.20 Å². The van der Waals surface area contributed by atoms with Crippen LogP contribution in [0.4, 0.5) is 0 Å². The van der Waals surface area contributed by atoms with Gasteiger partial charge in [-0.1, -0.05) is 13.3 Å². The van der Waals surface area contributed by atoms with Crippen molar-refractivity contribution in [3.05, 3.63) is 23.3 Å². The van der Waals surface area contributed by atoms with Crippen LogP contribution in [0.3, 0.4) is 0 Å². The Labute approximate surface area is 108 Å². The summed E-state index contributed by atoms with van der Waals surface area (Å²) in [6, 6.07) is 0. The molecule has 0 aromatic carbocycles. The summed E-state index contributed by atoms with van der Waals surface area (Å²) in [5, 5.41) is 9.27. The first-order valence-corrected chi connectivity index (χ1v) is 6.50. The van der Waals surface area contributed by atoms with Crippen molar-refractivity contribution in [2.75, 3.05) is 26.7 Å². The number of hydrogen-bond acceptors (Lipinski definition) is 5. The van der Waals surface area contributed by atoms with Crippen LogP contribution in [0.5, 0.6) is 0 Å². The maximum atomic E-state index is 9.27. The standard InChI is InChI=1S/C13H21N3O2/c1-3-4-11-10(9-17)7-14-13(15-11)12-8-16(2)5-6-18-12/h7,12,17H,3-6,8-9H2,1-2H3. The number of nitrogens with zero attached hydrogens (tertiary/aromatic N) is 3. The van der Waals surface area contributed by atoms with Gasteiger partial charge >= 0.3 is 0 Å². The molecule has 1 fully saturated rings. The van der Waals surface area contributed by atoms with Crippen LogP contribution in [0.25, 0.3) is 0 Å². The fourth-order valence-corrected chi connectivity index (χ4v) is 2.13. The minimum atomic E-state index is -0.0490. The van der Waals surface area contributed by atoms with Crippen molar-refractivity contribution >= 4 is 0 Å². The number of likely N-dealkylation sites (N-methyl/N-ethyl adjacent to an activating group) is 1. The Bertz CT molecular complexity index is 398. The topological polar surface area (TPSA) is 58.5 Å². The van der Waals surface area contributed by atoms with Gasteiger partial charge in [-0.25, -0.2) is 9.97 Å².